The van der Waals surface area contributed by atoms with Gasteiger partial charge in [-0.3, -0.25) is 4.79 Å². The fraction of sp³-hybridized carbons (Fsp3) is 0.400. The summed E-state index contributed by atoms with van der Waals surface area (Å²) >= 11 is 0. The molecule has 0 saturated carbocycles. The Hall–Kier alpha value is -1.75. The topological polar surface area (TPSA) is 127 Å². The zero-order valence-electron chi connectivity index (χ0n) is 14.0. The summed E-state index contributed by atoms with van der Waals surface area (Å²) in [5.41, 5.74) is 0.761. The third-order valence-corrected chi connectivity index (χ3v) is 5.64. The number of amides is 1. The summed E-state index contributed by atoms with van der Waals surface area (Å²) in [5, 5.41) is 7.62. The van der Waals surface area contributed by atoms with Gasteiger partial charge in [0, 0.05) is 26.1 Å². The Morgan fingerprint density at radius 2 is 1.80 bits per heavy atom. The van der Waals surface area contributed by atoms with Crippen molar-refractivity contribution in [2.24, 2.45) is 5.14 Å². The van der Waals surface area contributed by atoms with Gasteiger partial charge in [-0.15, -0.1) is 6.58 Å². The van der Waals surface area contributed by atoms with Crippen LogP contribution in [0.3, 0.4) is 0 Å². The molecule has 0 heterocycles. The quantitative estimate of drug-likeness (QED) is 0.537. The van der Waals surface area contributed by atoms with E-state index in [1.165, 1.54) is 22.5 Å². The smallest absolute Gasteiger partial charge is 0.238 e. The van der Waals surface area contributed by atoms with E-state index in [9.17, 15) is 21.6 Å². The van der Waals surface area contributed by atoms with Crippen molar-refractivity contribution in [1.29, 1.82) is 0 Å². The lowest BCUT2D eigenvalue weighted by Gasteiger charge is -2.19. The molecule has 0 aromatic heterocycles. The largest absolute Gasteiger partial charge is 0.353 e. The standard InChI is InChI=1S/C15H23N3O5S2/c1-3-10-17-15(19)9-12-18(24(2,20)21)11-8-13-4-6-14(7-5-13)25(16,22)23/h3-7H,1,8-12H2,2H3,(H,17,19)(H2,16,22,23). The monoisotopic (exact) mass is 389 g/mol. The number of nitrogens with zero attached hydrogens (tertiary/aromatic N) is 1. The van der Waals surface area contributed by atoms with Crippen LogP contribution in [-0.4, -0.2) is 52.9 Å². The van der Waals surface area contributed by atoms with Gasteiger partial charge in [-0.2, -0.15) is 0 Å². The molecule has 1 amide bonds. The Morgan fingerprint density at radius 1 is 1.20 bits per heavy atom. The highest BCUT2D eigenvalue weighted by Gasteiger charge is 2.17. The highest BCUT2D eigenvalue weighted by atomic mass is 32.2. The van der Waals surface area contributed by atoms with Gasteiger partial charge in [0.15, 0.2) is 0 Å². The minimum Gasteiger partial charge on any atom is -0.353 e. The van der Waals surface area contributed by atoms with Gasteiger partial charge in [-0.25, -0.2) is 26.3 Å². The number of carbonyl (C=O) groups is 1. The molecule has 0 fully saturated rings. The number of benzene rings is 1. The van der Waals surface area contributed by atoms with Crippen LogP contribution in [0.4, 0.5) is 0 Å². The Morgan fingerprint density at radius 3 is 2.28 bits per heavy atom. The number of hydrogen-bond donors (Lipinski definition) is 2. The molecule has 3 N–H and O–H groups in total. The van der Waals surface area contributed by atoms with Crippen molar-refractivity contribution < 1.29 is 21.6 Å². The summed E-state index contributed by atoms with van der Waals surface area (Å²) in [6.07, 6.45) is 3.05. The van der Waals surface area contributed by atoms with Crippen LogP contribution in [0.15, 0.2) is 41.8 Å². The molecule has 1 aromatic carbocycles. The van der Waals surface area contributed by atoms with Crippen LogP contribution in [0.5, 0.6) is 0 Å². The molecular weight excluding hydrogens is 366 g/mol. The number of sulfonamides is 2. The van der Waals surface area contributed by atoms with Crippen molar-refractivity contribution in [3.8, 4) is 0 Å². The van der Waals surface area contributed by atoms with E-state index in [0.717, 1.165) is 11.8 Å². The maximum atomic E-state index is 11.8. The molecular formula is C15H23N3O5S2. The zero-order chi connectivity index (χ0) is 19.1. The Labute approximate surface area is 148 Å². The molecule has 0 aliphatic rings. The maximum absolute atomic E-state index is 11.8. The van der Waals surface area contributed by atoms with Gasteiger partial charge in [0.25, 0.3) is 0 Å². The molecule has 0 saturated heterocycles. The van der Waals surface area contributed by atoms with Gasteiger partial charge in [-0.1, -0.05) is 18.2 Å². The van der Waals surface area contributed by atoms with Gasteiger partial charge in [0.1, 0.15) is 0 Å². The van der Waals surface area contributed by atoms with Crippen molar-refractivity contribution in [1.82, 2.24) is 9.62 Å². The molecule has 25 heavy (non-hydrogen) atoms. The van der Waals surface area contributed by atoms with Crippen LogP contribution in [0.25, 0.3) is 0 Å². The van der Waals surface area contributed by atoms with E-state index in [1.54, 1.807) is 12.1 Å². The van der Waals surface area contributed by atoms with E-state index in [2.05, 4.69) is 11.9 Å². The average Bonchev–Trinajstić information content (AvgIpc) is 2.51. The van der Waals surface area contributed by atoms with Gasteiger partial charge in [0.2, 0.25) is 26.0 Å². The second-order valence-electron chi connectivity index (χ2n) is 5.44. The SMILES string of the molecule is C=CCNC(=O)CCN(CCc1ccc(S(N)(=O)=O)cc1)S(C)(=O)=O. The number of primary sulfonamides is 1. The Bertz CT molecular complexity index is 802. The van der Waals surface area contributed by atoms with Gasteiger partial charge < -0.3 is 5.32 Å². The molecule has 0 radical (unpaired) electrons. The van der Waals surface area contributed by atoms with E-state index in [0.29, 0.717) is 13.0 Å². The number of hydrogen-bond acceptors (Lipinski definition) is 5. The van der Waals surface area contributed by atoms with E-state index >= 15 is 0 Å². The second-order valence-corrected chi connectivity index (χ2v) is 8.99. The summed E-state index contributed by atoms with van der Waals surface area (Å²) in [5.74, 6) is -0.258. The predicted octanol–water partition coefficient (Wildman–Crippen LogP) is -0.170. The molecule has 0 spiro atoms. The lowest BCUT2D eigenvalue weighted by molar-refractivity contribution is -0.121. The van der Waals surface area contributed by atoms with Crippen LogP contribution >= 0.6 is 0 Å². The normalized spacial score (nSPS) is 12.1. The van der Waals surface area contributed by atoms with Crippen LogP contribution in [0.1, 0.15) is 12.0 Å². The van der Waals surface area contributed by atoms with Crippen molar-refractivity contribution in [2.45, 2.75) is 17.7 Å². The first-order chi connectivity index (χ1) is 11.5. The average molecular weight is 389 g/mol. The van der Waals surface area contributed by atoms with Gasteiger partial charge >= 0.3 is 0 Å². The molecule has 10 heteroatoms. The minimum absolute atomic E-state index is 0.00453. The highest BCUT2D eigenvalue weighted by Crippen LogP contribution is 2.11. The van der Waals surface area contributed by atoms with Gasteiger partial charge in [0.05, 0.1) is 11.2 Å². The third kappa shape index (κ3) is 7.78. The molecule has 0 atom stereocenters. The van der Waals surface area contributed by atoms with Crippen molar-refractivity contribution in [2.75, 3.05) is 25.9 Å². The maximum Gasteiger partial charge on any atom is 0.238 e. The first kappa shape index (κ1) is 21.3. The van der Waals surface area contributed by atoms with E-state index < -0.39 is 20.0 Å². The first-order valence-corrected chi connectivity index (χ1v) is 10.9. The predicted molar refractivity (Wildman–Crippen MR) is 95.8 cm³/mol. The number of rotatable bonds is 10. The first-order valence-electron chi connectivity index (χ1n) is 7.48. The van der Waals surface area contributed by atoms with Crippen molar-refractivity contribution in [3.05, 3.63) is 42.5 Å². The Balaban J connectivity index is 2.67. The van der Waals surface area contributed by atoms with E-state index in [4.69, 9.17) is 5.14 Å². The summed E-state index contributed by atoms with van der Waals surface area (Å²) in [7, 11) is -7.22. The zero-order valence-corrected chi connectivity index (χ0v) is 15.6. The molecule has 8 nitrogen and oxygen atoms in total. The number of carbonyl (C=O) groups excluding carboxylic acids is 1. The molecule has 0 aliphatic heterocycles. The minimum atomic E-state index is -3.76. The summed E-state index contributed by atoms with van der Waals surface area (Å²) < 4.78 is 47.3. The van der Waals surface area contributed by atoms with Gasteiger partial charge in [-0.05, 0) is 24.1 Å². The van der Waals surface area contributed by atoms with Crippen molar-refractivity contribution >= 4 is 26.0 Å². The molecule has 0 unspecified atom stereocenters. The van der Waals surface area contributed by atoms with Crippen LogP contribution in [-0.2, 0) is 31.3 Å². The van der Waals surface area contributed by atoms with Crippen LogP contribution in [0.2, 0.25) is 0 Å². The second kappa shape index (κ2) is 9.09. The molecule has 0 aliphatic carbocycles. The molecule has 0 bridgehead atoms. The lowest BCUT2D eigenvalue weighted by Crippen LogP contribution is -2.36. The lowest BCUT2D eigenvalue weighted by atomic mass is 10.1. The van der Waals surface area contributed by atoms with E-state index in [1.807, 2.05) is 0 Å². The summed E-state index contributed by atoms with van der Waals surface area (Å²) in [6, 6.07) is 5.91. The third-order valence-electron chi connectivity index (χ3n) is 3.40. The van der Waals surface area contributed by atoms with Crippen LogP contribution in [0, 0.1) is 0 Å². The fourth-order valence-corrected chi connectivity index (χ4v) is 3.40. The van der Waals surface area contributed by atoms with Crippen molar-refractivity contribution in [3.63, 3.8) is 0 Å². The van der Waals surface area contributed by atoms with E-state index in [-0.39, 0.29) is 30.3 Å². The van der Waals surface area contributed by atoms with Crippen LogP contribution < -0.4 is 10.5 Å². The molecule has 1 rings (SSSR count). The highest BCUT2D eigenvalue weighted by molar-refractivity contribution is 7.89. The summed E-state index contributed by atoms with van der Waals surface area (Å²) in [6.45, 7) is 4.06. The fourth-order valence-electron chi connectivity index (χ4n) is 2.04. The number of nitrogens with two attached hydrogens (primary N) is 1. The Kier molecular flexibility index (Phi) is 7.74. The molecule has 1 aromatic rings. The summed E-state index contributed by atoms with van der Waals surface area (Å²) in [4.78, 5) is 11.6. The molecule has 140 valence electrons. The number of nitrogens with one attached hydrogen (secondary N) is 1.